The third-order valence-electron chi connectivity index (χ3n) is 6.94. The van der Waals surface area contributed by atoms with E-state index in [0.29, 0.717) is 0 Å². The molecule has 0 aliphatic heterocycles. The number of carboxylic acids is 10. The molecule has 0 unspecified atom stereocenters. The van der Waals surface area contributed by atoms with E-state index >= 15 is 0 Å². The Morgan fingerprint density at radius 3 is 0.312 bits per heavy atom. The summed E-state index contributed by atoms with van der Waals surface area (Å²) in [6.45, 7) is 0. The van der Waals surface area contributed by atoms with Gasteiger partial charge in [0.25, 0.3) is 0 Å². The van der Waals surface area contributed by atoms with E-state index in [-0.39, 0.29) is 267 Å². The van der Waals surface area contributed by atoms with Gasteiger partial charge >= 0.3 is 265 Å². The summed E-state index contributed by atoms with van der Waals surface area (Å²) in [6.07, 6.45) is 0. The minimum Gasteiger partial charge on any atom is -1.00 e. The Labute approximate surface area is 537 Å². The van der Waals surface area contributed by atoms with Gasteiger partial charge in [-0.2, -0.15) is 0 Å². The molecule has 0 aromatic heterocycles. The molecule has 0 spiro atoms. The molecule has 0 aliphatic carbocycles. The molecule has 0 radical (unpaired) electrons. The minimum absolute atomic E-state index is 0. The van der Waals surface area contributed by atoms with Gasteiger partial charge in [-0.3, -0.25) is 0 Å². The molecule has 20 nitrogen and oxygen atoms in total. The van der Waals surface area contributed by atoms with E-state index in [1.165, 1.54) is 121 Å². The fourth-order valence-corrected chi connectivity index (χ4v) is 4.28. The molecule has 0 amide bonds. The van der Waals surface area contributed by atoms with Crippen LogP contribution in [0.15, 0.2) is 121 Å². The van der Waals surface area contributed by atoms with E-state index in [1.54, 1.807) is 0 Å². The molecule has 5 aromatic carbocycles. The predicted molar refractivity (Wildman–Crippen MR) is 206 cm³/mol. The Bertz CT molecular complexity index is 1920. The fraction of sp³-hybridized carbons (Fsp3) is 0. The number of carboxylic acid groups (broad SMARTS) is 10. The van der Waals surface area contributed by atoms with Crippen LogP contribution in [0.1, 0.15) is 109 Å². The molecule has 0 heterocycles. The number of aromatic carboxylic acids is 10. The Balaban J connectivity index is -0.000000107. The van der Waals surface area contributed by atoms with Gasteiger partial charge in [-0.25, -0.2) is 47.9 Å². The first-order chi connectivity index (χ1) is 28.1. The van der Waals surface area contributed by atoms with Gasteiger partial charge in [0.2, 0.25) is 0 Å². The number of hydrogen-bond donors (Lipinski definition) is 10. The first-order valence-electron chi connectivity index (χ1n) is 15.9. The van der Waals surface area contributed by atoms with Crippen molar-refractivity contribution in [1.29, 1.82) is 0 Å². The van der Waals surface area contributed by atoms with Crippen molar-refractivity contribution in [3.8, 4) is 0 Å². The van der Waals surface area contributed by atoms with Gasteiger partial charge in [0.1, 0.15) is 0 Å². The molecule has 0 fully saturated rings. The summed E-state index contributed by atoms with van der Waals surface area (Å²) in [7, 11) is 0. The SMILES string of the molecule is O=C(O)c1ccccc1C(=O)O.O=C(O)c1ccccc1C(=O)O.O=C(O)c1ccccc1C(=O)O.O=C(O)c1ccccc1C(=O)O.O=C(O)c1ccccc1C(=O)O.[H-].[H-].[H-].[H-].[K+].[K+].[K+].[K+]. The monoisotopic (exact) mass is 990 g/mol. The molecule has 24 heteroatoms. The van der Waals surface area contributed by atoms with Gasteiger partial charge in [0, 0.05) is 0 Å². The summed E-state index contributed by atoms with van der Waals surface area (Å²) in [5, 5.41) is 85.5. The van der Waals surface area contributed by atoms with Gasteiger partial charge in [-0.1, -0.05) is 60.7 Å². The second-order valence-electron chi connectivity index (χ2n) is 10.8. The molecule has 0 bridgehead atoms. The van der Waals surface area contributed by atoms with Gasteiger partial charge < -0.3 is 56.8 Å². The number of benzene rings is 5. The van der Waals surface area contributed by atoms with Gasteiger partial charge in [0.15, 0.2) is 0 Å². The number of hydrogen-bond acceptors (Lipinski definition) is 10. The van der Waals surface area contributed by atoms with Crippen molar-refractivity contribution in [1.82, 2.24) is 0 Å². The Kier molecular flexibility index (Phi) is 37.7. The second-order valence-corrected chi connectivity index (χ2v) is 10.8. The third-order valence-corrected chi connectivity index (χ3v) is 6.94. The third kappa shape index (κ3) is 23.7. The molecule has 5 rings (SSSR count). The molecule has 10 N–H and O–H groups in total. The average molecular weight is 991 g/mol. The van der Waals surface area contributed by atoms with Gasteiger partial charge in [-0.15, -0.1) is 0 Å². The quantitative estimate of drug-likeness (QED) is 0.0582. The molecular formula is C40H34K4O20. The van der Waals surface area contributed by atoms with Crippen molar-refractivity contribution in [2.75, 3.05) is 0 Å². The standard InChI is InChI=1S/5C8H6O4.4K.4H/c5*9-7(10)5-3-1-2-4-6(5)8(11)12;;;;;;;;/h5*1-4H,(H,9,10)(H,11,12);;;;;;;;/q;;;;;4*+1;4*-1. The van der Waals surface area contributed by atoms with Crippen LogP contribution in [0, 0.1) is 0 Å². The average Bonchev–Trinajstić information content (AvgIpc) is 3.21. The first kappa shape index (κ1) is 67.9. The number of rotatable bonds is 10. The maximum Gasteiger partial charge on any atom is 1.00 e. The number of carbonyl (C=O) groups is 10. The normalized spacial score (nSPS) is 8.75. The molecule has 0 saturated heterocycles. The van der Waals surface area contributed by atoms with E-state index in [2.05, 4.69) is 0 Å². The van der Waals surface area contributed by atoms with Crippen LogP contribution in [-0.2, 0) is 0 Å². The fourth-order valence-electron chi connectivity index (χ4n) is 4.28. The Morgan fingerprint density at radius 2 is 0.266 bits per heavy atom. The Morgan fingerprint density at radius 1 is 0.203 bits per heavy atom. The summed E-state index contributed by atoms with van der Waals surface area (Å²) in [5.41, 5.74) is -1.90. The summed E-state index contributed by atoms with van der Waals surface area (Å²) in [5.74, 6) is -12.3. The van der Waals surface area contributed by atoms with Crippen molar-refractivity contribution < 1.29 is 310 Å². The molecule has 318 valence electrons. The topological polar surface area (TPSA) is 373 Å². The van der Waals surface area contributed by atoms with Crippen LogP contribution in [0.2, 0.25) is 0 Å². The van der Waals surface area contributed by atoms with Crippen LogP contribution in [0.4, 0.5) is 0 Å². The maximum atomic E-state index is 10.5. The largest absolute Gasteiger partial charge is 1.00 e. The zero-order chi connectivity index (χ0) is 45.7. The maximum absolute atomic E-state index is 10.5. The van der Waals surface area contributed by atoms with Crippen molar-refractivity contribution >= 4 is 59.7 Å². The van der Waals surface area contributed by atoms with Gasteiger partial charge in [-0.05, 0) is 60.7 Å². The van der Waals surface area contributed by atoms with Crippen LogP contribution >= 0.6 is 0 Å². The van der Waals surface area contributed by atoms with E-state index in [9.17, 15) is 47.9 Å². The van der Waals surface area contributed by atoms with Crippen molar-refractivity contribution in [3.63, 3.8) is 0 Å². The summed E-state index contributed by atoms with van der Waals surface area (Å²) in [4.78, 5) is 105. The zero-order valence-corrected chi connectivity index (χ0v) is 46.6. The van der Waals surface area contributed by atoms with Crippen LogP contribution in [0.5, 0.6) is 0 Å². The molecular weight excluding hydrogens is 957 g/mol. The van der Waals surface area contributed by atoms with Crippen molar-refractivity contribution in [2.45, 2.75) is 0 Å². The molecule has 5 aromatic rings. The molecule has 0 aliphatic rings. The predicted octanol–water partition coefficient (Wildman–Crippen LogP) is -6.12. The van der Waals surface area contributed by atoms with E-state index in [1.807, 2.05) is 0 Å². The van der Waals surface area contributed by atoms with E-state index < -0.39 is 59.7 Å². The molecule has 0 saturated carbocycles. The van der Waals surface area contributed by atoms with Crippen LogP contribution in [0.3, 0.4) is 0 Å². The van der Waals surface area contributed by atoms with Crippen molar-refractivity contribution in [3.05, 3.63) is 177 Å². The summed E-state index contributed by atoms with van der Waals surface area (Å²) < 4.78 is 0. The van der Waals surface area contributed by atoms with Crippen LogP contribution in [-0.4, -0.2) is 111 Å². The molecule has 0 atom stereocenters. The second kappa shape index (κ2) is 35.5. The zero-order valence-electron chi connectivity index (χ0n) is 38.1. The smallest absolute Gasteiger partial charge is 1.00 e. The Hall–Kier alpha value is -2.65. The summed E-state index contributed by atoms with van der Waals surface area (Å²) >= 11 is 0. The summed E-state index contributed by atoms with van der Waals surface area (Å²) in [6, 6.07) is 27.4. The first-order valence-corrected chi connectivity index (χ1v) is 15.9. The molecule has 64 heavy (non-hydrogen) atoms. The van der Waals surface area contributed by atoms with E-state index in [0.717, 1.165) is 0 Å². The van der Waals surface area contributed by atoms with Crippen LogP contribution < -0.4 is 206 Å². The van der Waals surface area contributed by atoms with Crippen molar-refractivity contribution in [2.24, 2.45) is 0 Å². The van der Waals surface area contributed by atoms with Crippen LogP contribution in [0.25, 0.3) is 0 Å². The van der Waals surface area contributed by atoms with Gasteiger partial charge in [0.05, 0.1) is 55.6 Å². The van der Waals surface area contributed by atoms with E-state index in [4.69, 9.17) is 51.1 Å². The minimum atomic E-state index is -1.23.